The van der Waals surface area contributed by atoms with Gasteiger partial charge in [0.2, 0.25) is 0 Å². The normalized spacial score (nSPS) is 15.2. The number of pyridine rings is 1. The van der Waals surface area contributed by atoms with Gasteiger partial charge in [0, 0.05) is 25.0 Å². The fraction of sp³-hybridized carbons (Fsp3) is 0.438. The van der Waals surface area contributed by atoms with E-state index in [4.69, 9.17) is 4.74 Å². The average molecular weight is 354 g/mol. The fourth-order valence-electron chi connectivity index (χ4n) is 2.75. The lowest BCUT2D eigenvalue weighted by molar-refractivity contribution is -0.141. The van der Waals surface area contributed by atoms with Crippen molar-refractivity contribution in [2.75, 3.05) is 13.1 Å². The van der Waals surface area contributed by atoms with Crippen molar-refractivity contribution in [1.82, 2.24) is 19.7 Å². The summed E-state index contributed by atoms with van der Waals surface area (Å²) in [6, 6.07) is 2.23. The summed E-state index contributed by atoms with van der Waals surface area (Å²) in [6.45, 7) is 4.22. The number of hydrogen-bond donors (Lipinski definition) is 0. The van der Waals surface area contributed by atoms with E-state index >= 15 is 0 Å². The molecular weight excluding hydrogens is 337 g/mol. The maximum atomic E-state index is 12.7. The highest BCUT2D eigenvalue weighted by molar-refractivity contribution is 5.97. The summed E-state index contributed by atoms with van der Waals surface area (Å²) in [7, 11) is 1.77. The quantitative estimate of drug-likeness (QED) is 0.849. The number of halogens is 3. The Balaban J connectivity index is 1.62. The van der Waals surface area contributed by atoms with E-state index in [-0.39, 0.29) is 17.8 Å². The third-order valence-electron chi connectivity index (χ3n) is 4.18. The number of rotatable bonds is 3. The highest BCUT2D eigenvalue weighted by Crippen LogP contribution is 2.30. The third kappa shape index (κ3) is 3.31. The Labute approximate surface area is 142 Å². The molecule has 2 aromatic rings. The predicted octanol–water partition coefficient (Wildman–Crippen LogP) is 2.35. The summed E-state index contributed by atoms with van der Waals surface area (Å²) < 4.78 is 45.1. The van der Waals surface area contributed by atoms with E-state index in [0.717, 1.165) is 18.0 Å². The molecule has 0 N–H and O–H groups in total. The molecule has 9 heteroatoms. The van der Waals surface area contributed by atoms with E-state index in [1.807, 2.05) is 6.92 Å². The van der Waals surface area contributed by atoms with E-state index in [1.165, 1.54) is 6.07 Å². The van der Waals surface area contributed by atoms with Gasteiger partial charge in [-0.1, -0.05) is 0 Å². The smallest absolute Gasteiger partial charge is 0.433 e. The van der Waals surface area contributed by atoms with Crippen molar-refractivity contribution >= 4 is 5.91 Å². The van der Waals surface area contributed by atoms with Gasteiger partial charge in [-0.15, -0.1) is 0 Å². The number of carbonyl (C=O) groups excluding carboxylic acids is 1. The van der Waals surface area contributed by atoms with Gasteiger partial charge in [-0.2, -0.15) is 18.3 Å². The first kappa shape index (κ1) is 17.2. The number of ether oxygens (including phenoxy) is 1. The van der Waals surface area contributed by atoms with Gasteiger partial charge in [0.05, 0.1) is 24.3 Å². The third-order valence-corrected chi connectivity index (χ3v) is 4.18. The Morgan fingerprint density at radius 3 is 2.56 bits per heavy atom. The summed E-state index contributed by atoms with van der Waals surface area (Å²) in [5.74, 6) is -0.0539. The molecule has 0 spiro atoms. The summed E-state index contributed by atoms with van der Waals surface area (Å²) in [5, 5.41) is 4.22. The average Bonchev–Trinajstić information content (AvgIpc) is 2.74. The molecule has 1 saturated heterocycles. The number of carbonyl (C=O) groups is 1. The van der Waals surface area contributed by atoms with Crippen LogP contribution in [-0.2, 0) is 13.2 Å². The van der Waals surface area contributed by atoms with Crippen LogP contribution in [0.1, 0.15) is 27.4 Å². The summed E-state index contributed by atoms with van der Waals surface area (Å²) >= 11 is 0. The van der Waals surface area contributed by atoms with Crippen molar-refractivity contribution in [1.29, 1.82) is 0 Å². The van der Waals surface area contributed by atoms with Crippen LogP contribution < -0.4 is 4.74 Å². The van der Waals surface area contributed by atoms with Gasteiger partial charge in [-0.05, 0) is 19.9 Å². The standard InChI is InChI=1S/C16H17F3N4O2/c1-9-14(10(2)22(3)21-9)15(24)23-7-12(8-23)25-11-4-5-20-13(6-11)16(17,18)19/h4-6,12H,7-8H2,1-3H3. The van der Waals surface area contributed by atoms with Gasteiger partial charge in [-0.3, -0.25) is 14.5 Å². The molecule has 1 fully saturated rings. The lowest BCUT2D eigenvalue weighted by Crippen LogP contribution is -2.56. The van der Waals surface area contributed by atoms with Crippen molar-refractivity contribution in [3.63, 3.8) is 0 Å². The molecule has 3 rings (SSSR count). The molecule has 0 aliphatic carbocycles. The highest BCUT2D eigenvalue weighted by atomic mass is 19.4. The van der Waals surface area contributed by atoms with Crippen LogP contribution >= 0.6 is 0 Å². The van der Waals surface area contributed by atoms with Crippen LogP contribution in [-0.4, -0.2) is 44.8 Å². The van der Waals surface area contributed by atoms with Crippen molar-refractivity contribution in [3.05, 3.63) is 41.0 Å². The van der Waals surface area contributed by atoms with E-state index < -0.39 is 11.9 Å². The molecule has 1 amide bonds. The summed E-state index contributed by atoms with van der Waals surface area (Å²) in [6.07, 6.45) is -3.80. The molecule has 3 heterocycles. The minimum atomic E-state index is -4.52. The van der Waals surface area contributed by atoms with Crippen LogP contribution in [0.25, 0.3) is 0 Å². The molecule has 0 aromatic carbocycles. The first-order valence-corrected chi connectivity index (χ1v) is 7.66. The van der Waals surface area contributed by atoms with Gasteiger partial charge in [0.25, 0.3) is 5.91 Å². The second-order valence-electron chi connectivity index (χ2n) is 5.99. The Hall–Kier alpha value is -2.58. The highest BCUT2D eigenvalue weighted by Gasteiger charge is 2.36. The Kier molecular flexibility index (Phi) is 4.18. The lowest BCUT2D eigenvalue weighted by atomic mass is 10.1. The Morgan fingerprint density at radius 1 is 1.32 bits per heavy atom. The zero-order valence-corrected chi connectivity index (χ0v) is 14.0. The van der Waals surface area contributed by atoms with E-state index in [9.17, 15) is 18.0 Å². The second-order valence-corrected chi connectivity index (χ2v) is 5.99. The van der Waals surface area contributed by atoms with Gasteiger partial charge >= 0.3 is 6.18 Å². The van der Waals surface area contributed by atoms with Crippen LogP contribution in [0.2, 0.25) is 0 Å². The lowest BCUT2D eigenvalue weighted by Gasteiger charge is -2.39. The summed E-state index contributed by atoms with van der Waals surface area (Å²) in [4.78, 5) is 17.4. The first-order chi connectivity index (χ1) is 11.7. The van der Waals surface area contributed by atoms with E-state index in [0.29, 0.717) is 24.3 Å². The van der Waals surface area contributed by atoms with Crippen molar-refractivity contribution < 1.29 is 22.7 Å². The second kappa shape index (κ2) is 6.05. The van der Waals surface area contributed by atoms with Gasteiger partial charge in [0.1, 0.15) is 17.5 Å². The number of amides is 1. The molecule has 0 unspecified atom stereocenters. The van der Waals surface area contributed by atoms with Gasteiger partial charge in [-0.25, -0.2) is 0 Å². The SMILES string of the molecule is Cc1nn(C)c(C)c1C(=O)N1CC(Oc2ccnc(C(F)(F)F)c2)C1. The molecule has 0 saturated carbocycles. The zero-order chi connectivity index (χ0) is 18.4. The number of likely N-dealkylation sites (tertiary alicyclic amines) is 1. The number of hydrogen-bond acceptors (Lipinski definition) is 4. The van der Waals surface area contributed by atoms with Crippen LogP contribution in [0.3, 0.4) is 0 Å². The number of aryl methyl sites for hydroxylation is 2. The van der Waals surface area contributed by atoms with E-state index in [1.54, 1.807) is 23.6 Å². The van der Waals surface area contributed by atoms with Crippen molar-refractivity contribution in [2.45, 2.75) is 26.1 Å². The van der Waals surface area contributed by atoms with Crippen molar-refractivity contribution in [3.8, 4) is 5.75 Å². The molecule has 6 nitrogen and oxygen atoms in total. The molecule has 134 valence electrons. The van der Waals surface area contributed by atoms with E-state index in [2.05, 4.69) is 10.1 Å². The topological polar surface area (TPSA) is 60.2 Å². The van der Waals surface area contributed by atoms with Gasteiger partial charge < -0.3 is 9.64 Å². The van der Waals surface area contributed by atoms with Crippen molar-refractivity contribution in [2.24, 2.45) is 7.05 Å². The summed E-state index contributed by atoms with van der Waals surface area (Å²) in [5.41, 5.74) is 0.984. The molecule has 1 aliphatic heterocycles. The maximum absolute atomic E-state index is 12.7. The molecule has 0 bridgehead atoms. The molecular formula is C16H17F3N4O2. The molecule has 0 radical (unpaired) electrons. The zero-order valence-electron chi connectivity index (χ0n) is 14.0. The number of nitrogens with zero attached hydrogens (tertiary/aromatic N) is 4. The minimum Gasteiger partial charge on any atom is -0.487 e. The first-order valence-electron chi connectivity index (χ1n) is 7.66. The van der Waals surface area contributed by atoms with Crippen LogP contribution in [0, 0.1) is 13.8 Å². The minimum absolute atomic E-state index is 0.0909. The largest absolute Gasteiger partial charge is 0.487 e. The molecule has 1 aliphatic rings. The fourth-order valence-corrected chi connectivity index (χ4v) is 2.75. The number of aromatic nitrogens is 3. The van der Waals surface area contributed by atoms with Gasteiger partial charge in [0.15, 0.2) is 0 Å². The monoisotopic (exact) mass is 354 g/mol. The molecule has 2 aromatic heterocycles. The molecule has 25 heavy (non-hydrogen) atoms. The maximum Gasteiger partial charge on any atom is 0.433 e. The number of alkyl halides is 3. The molecule has 0 atom stereocenters. The van der Waals surface area contributed by atoms with Crippen LogP contribution in [0.4, 0.5) is 13.2 Å². The van der Waals surface area contributed by atoms with Crippen LogP contribution in [0.5, 0.6) is 5.75 Å². The Bertz CT molecular complexity index is 810. The Morgan fingerprint density at radius 2 is 2.00 bits per heavy atom. The predicted molar refractivity (Wildman–Crippen MR) is 82.2 cm³/mol. The van der Waals surface area contributed by atoms with Crippen LogP contribution in [0.15, 0.2) is 18.3 Å².